The highest BCUT2D eigenvalue weighted by atomic mass is 31.2. The molecule has 304 valence electrons. The molecule has 0 radical (unpaired) electrons. The lowest BCUT2D eigenvalue weighted by molar-refractivity contribution is -0.161. The summed E-state index contributed by atoms with van der Waals surface area (Å²) in [6.45, 7) is 2.31. The third kappa shape index (κ3) is 36.5. The van der Waals surface area contributed by atoms with E-state index in [4.69, 9.17) is 19.1 Å². The van der Waals surface area contributed by atoms with Gasteiger partial charge in [-0.1, -0.05) is 134 Å². The maximum atomic E-state index is 12.6. The van der Waals surface area contributed by atoms with Crippen LogP contribution in [0.25, 0.3) is 0 Å². The molecule has 0 amide bonds. The van der Waals surface area contributed by atoms with Crippen molar-refractivity contribution in [2.45, 2.75) is 187 Å². The molecule has 0 aliphatic heterocycles. The summed E-state index contributed by atoms with van der Waals surface area (Å²) in [5.74, 6) is -0.953. The molecule has 0 fully saturated rings. The maximum Gasteiger partial charge on any atom is 0.472 e. The SMILES string of the molecule is CCCCCC/C=C/C=C/CCCCCCCC(=O)OC[C@H](COP(=O)(O)OC[C@@H](O)CO)OC(=O)CCCCCCC/C=C/CCCCCCC. The quantitative estimate of drug-likeness (QED) is 0.0183. The minimum atomic E-state index is -4.62. The van der Waals surface area contributed by atoms with E-state index in [1.165, 1.54) is 57.8 Å². The van der Waals surface area contributed by atoms with Crippen LogP contribution in [0, 0.1) is 0 Å². The van der Waals surface area contributed by atoms with Crippen molar-refractivity contribution in [1.82, 2.24) is 0 Å². The second-order valence-corrected chi connectivity index (χ2v) is 15.1. The van der Waals surface area contributed by atoms with Gasteiger partial charge in [-0.3, -0.25) is 18.6 Å². The number of phosphoric ester groups is 1. The smallest absolute Gasteiger partial charge is 0.462 e. The van der Waals surface area contributed by atoms with Crippen molar-refractivity contribution < 1.29 is 47.8 Å². The highest BCUT2D eigenvalue weighted by Gasteiger charge is 2.27. The van der Waals surface area contributed by atoms with Gasteiger partial charge in [-0.2, -0.15) is 0 Å². The number of aliphatic hydroxyl groups excluding tert-OH is 2. The Kier molecular flexibility index (Phi) is 36.2. The molecule has 0 rings (SSSR count). The molecule has 0 spiro atoms. The van der Waals surface area contributed by atoms with E-state index in [0.29, 0.717) is 12.8 Å². The molecule has 0 heterocycles. The summed E-state index contributed by atoms with van der Waals surface area (Å²) in [5, 5.41) is 18.3. The molecule has 3 N–H and O–H groups in total. The van der Waals surface area contributed by atoms with Crippen molar-refractivity contribution in [3.63, 3.8) is 0 Å². The Morgan fingerprint density at radius 3 is 1.52 bits per heavy atom. The minimum absolute atomic E-state index is 0.171. The van der Waals surface area contributed by atoms with Crippen LogP contribution in [0.5, 0.6) is 0 Å². The number of rotatable bonds is 38. The number of allylic oxidation sites excluding steroid dienone is 6. The molecule has 0 saturated carbocycles. The number of phosphoric acid groups is 1. The number of carbonyl (C=O) groups excluding carboxylic acids is 2. The van der Waals surface area contributed by atoms with E-state index in [1.807, 2.05) is 0 Å². The van der Waals surface area contributed by atoms with Crippen molar-refractivity contribution in [1.29, 1.82) is 0 Å². The van der Waals surface area contributed by atoms with E-state index in [-0.39, 0.29) is 19.4 Å². The Bertz CT molecular complexity index is 967. The molecule has 11 heteroatoms. The number of hydrogen-bond acceptors (Lipinski definition) is 9. The summed E-state index contributed by atoms with van der Waals surface area (Å²) >= 11 is 0. The summed E-state index contributed by atoms with van der Waals surface area (Å²) in [6, 6.07) is 0. The van der Waals surface area contributed by atoms with Crippen LogP contribution in [0.1, 0.15) is 174 Å². The zero-order valence-electron chi connectivity index (χ0n) is 32.8. The molecule has 52 heavy (non-hydrogen) atoms. The summed E-state index contributed by atoms with van der Waals surface area (Å²) in [5.41, 5.74) is 0. The third-order valence-corrected chi connectivity index (χ3v) is 9.50. The third-order valence-electron chi connectivity index (χ3n) is 8.54. The fourth-order valence-corrected chi connectivity index (χ4v) is 6.12. The van der Waals surface area contributed by atoms with Gasteiger partial charge in [0.2, 0.25) is 0 Å². The molecule has 1 unspecified atom stereocenters. The predicted octanol–water partition coefficient (Wildman–Crippen LogP) is 10.4. The number of carbonyl (C=O) groups is 2. The van der Waals surface area contributed by atoms with Crippen LogP contribution >= 0.6 is 7.82 Å². The first-order valence-electron chi connectivity index (χ1n) is 20.5. The minimum Gasteiger partial charge on any atom is -0.462 e. The standard InChI is InChI=1S/C41H75O10P/c1-3-5-7-9-11-13-15-17-19-21-22-24-26-28-30-32-40(44)48-36-39(37-50-52(46,47)49-35-38(43)34-42)51-41(45)33-31-29-27-25-23-20-18-16-14-12-10-8-6-4-2/h13,15-19,38-39,42-43H,3-12,14,20-37H2,1-2H3,(H,46,47)/b15-13+,18-16+,19-17+/t38-,39+/m0/s1. The second kappa shape index (κ2) is 37.5. The average molecular weight is 759 g/mol. The van der Waals surface area contributed by atoms with Crippen molar-refractivity contribution in [2.24, 2.45) is 0 Å². The lowest BCUT2D eigenvalue weighted by Crippen LogP contribution is -2.29. The van der Waals surface area contributed by atoms with E-state index >= 15 is 0 Å². The Labute approximate surface area is 316 Å². The molecule has 0 bridgehead atoms. The number of hydrogen-bond donors (Lipinski definition) is 3. The topological polar surface area (TPSA) is 149 Å². The van der Waals surface area contributed by atoms with Crippen LogP contribution < -0.4 is 0 Å². The molecule has 3 atom stereocenters. The zero-order chi connectivity index (χ0) is 38.4. The van der Waals surface area contributed by atoms with Crippen molar-refractivity contribution >= 4 is 19.8 Å². The average Bonchev–Trinajstić information content (AvgIpc) is 3.13. The van der Waals surface area contributed by atoms with E-state index in [2.05, 4.69) is 54.8 Å². The van der Waals surface area contributed by atoms with Gasteiger partial charge in [0.25, 0.3) is 0 Å². The fourth-order valence-electron chi connectivity index (χ4n) is 5.33. The van der Waals surface area contributed by atoms with Crippen LogP contribution in [0.2, 0.25) is 0 Å². The Hall–Kier alpha value is -1.81. The van der Waals surface area contributed by atoms with Gasteiger partial charge in [0, 0.05) is 12.8 Å². The van der Waals surface area contributed by atoms with Crippen LogP contribution in [0.3, 0.4) is 0 Å². The first-order chi connectivity index (χ1) is 25.2. The van der Waals surface area contributed by atoms with Gasteiger partial charge < -0.3 is 24.6 Å². The van der Waals surface area contributed by atoms with Crippen LogP contribution in [0.15, 0.2) is 36.5 Å². The molecule has 0 aliphatic rings. The normalized spacial score (nSPS) is 14.3. The largest absolute Gasteiger partial charge is 0.472 e. The summed E-state index contributed by atoms with van der Waals surface area (Å²) < 4.78 is 32.6. The number of esters is 2. The van der Waals surface area contributed by atoms with Crippen LogP contribution in [-0.4, -0.2) is 65.7 Å². The van der Waals surface area contributed by atoms with Crippen molar-refractivity contribution in [3.05, 3.63) is 36.5 Å². The lowest BCUT2D eigenvalue weighted by Gasteiger charge is -2.20. The van der Waals surface area contributed by atoms with Crippen molar-refractivity contribution in [3.8, 4) is 0 Å². The highest BCUT2D eigenvalue weighted by Crippen LogP contribution is 2.43. The molecular weight excluding hydrogens is 683 g/mol. The molecule has 0 aromatic carbocycles. The maximum absolute atomic E-state index is 12.6. The Balaban J connectivity index is 4.38. The van der Waals surface area contributed by atoms with Gasteiger partial charge in [0.05, 0.1) is 19.8 Å². The Morgan fingerprint density at radius 1 is 0.577 bits per heavy atom. The monoisotopic (exact) mass is 759 g/mol. The molecule has 0 aliphatic carbocycles. The van der Waals surface area contributed by atoms with E-state index in [9.17, 15) is 24.2 Å². The molecule has 0 saturated heterocycles. The highest BCUT2D eigenvalue weighted by molar-refractivity contribution is 7.47. The second-order valence-electron chi connectivity index (χ2n) is 13.7. The summed E-state index contributed by atoms with van der Waals surface area (Å²) in [6.07, 6.45) is 36.8. The molecule has 0 aromatic heterocycles. The molecule has 0 aromatic rings. The van der Waals surface area contributed by atoms with Gasteiger partial charge >= 0.3 is 19.8 Å². The first-order valence-corrected chi connectivity index (χ1v) is 22.0. The summed E-state index contributed by atoms with van der Waals surface area (Å²) in [7, 11) is -4.62. The number of aliphatic hydroxyl groups is 2. The van der Waals surface area contributed by atoms with Crippen LogP contribution in [0.4, 0.5) is 0 Å². The lowest BCUT2D eigenvalue weighted by atomic mass is 10.1. The van der Waals surface area contributed by atoms with Crippen LogP contribution in [-0.2, 0) is 32.7 Å². The number of unbranched alkanes of at least 4 members (excludes halogenated alkanes) is 19. The van der Waals surface area contributed by atoms with E-state index < -0.39 is 51.8 Å². The first kappa shape index (κ1) is 50.2. The van der Waals surface area contributed by atoms with Crippen molar-refractivity contribution in [2.75, 3.05) is 26.4 Å². The summed E-state index contributed by atoms with van der Waals surface area (Å²) in [4.78, 5) is 34.9. The zero-order valence-corrected chi connectivity index (χ0v) is 33.7. The van der Waals surface area contributed by atoms with Gasteiger partial charge in [-0.05, 0) is 64.2 Å². The van der Waals surface area contributed by atoms with Gasteiger partial charge in [0.15, 0.2) is 6.10 Å². The fraction of sp³-hybridized carbons (Fsp3) is 0.805. The number of ether oxygens (including phenoxy) is 2. The van der Waals surface area contributed by atoms with Gasteiger partial charge in [-0.15, -0.1) is 0 Å². The van der Waals surface area contributed by atoms with E-state index in [1.54, 1.807) is 0 Å². The van der Waals surface area contributed by atoms with Gasteiger partial charge in [-0.25, -0.2) is 4.57 Å². The Morgan fingerprint density at radius 2 is 1.00 bits per heavy atom. The molecular formula is C41H75O10P. The van der Waals surface area contributed by atoms with Gasteiger partial charge in [0.1, 0.15) is 12.7 Å². The predicted molar refractivity (Wildman–Crippen MR) is 210 cm³/mol. The molecule has 10 nitrogen and oxygen atoms in total. The van der Waals surface area contributed by atoms with E-state index in [0.717, 1.165) is 77.0 Å².